The number of pyridine rings is 1. The van der Waals surface area contributed by atoms with Crippen LogP contribution in [0.3, 0.4) is 0 Å². The zero-order valence-electron chi connectivity index (χ0n) is 17.3. The Morgan fingerprint density at radius 2 is 1.74 bits per heavy atom. The van der Waals surface area contributed by atoms with Gasteiger partial charge in [0.05, 0.1) is 5.69 Å². The molecule has 0 aliphatic rings. The normalized spacial score (nSPS) is 10.7. The van der Waals surface area contributed by atoms with Gasteiger partial charge in [-0.2, -0.15) is 5.10 Å². The fourth-order valence-electron chi connectivity index (χ4n) is 3.26. The number of hydrogen-bond acceptors (Lipinski definition) is 3. The average molecular weight is 415 g/mol. The van der Waals surface area contributed by atoms with E-state index in [2.05, 4.69) is 20.7 Å². The Morgan fingerprint density at radius 1 is 1.00 bits per heavy atom. The molecule has 0 saturated heterocycles. The summed E-state index contributed by atoms with van der Waals surface area (Å²) in [7, 11) is 0. The third kappa shape index (κ3) is 4.45. The van der Waals surface area contributed by atoms with Crippen molar-refractivity contribution in [3.05, 3.63) is 84.6 Å². The number of benzene rings is 2. The van der Waals surface area contributed by atoms with Crippen molar-refractivity contribution in [3.63, 3.8) is 0 Å². The van der Waals surface area contributed by atoms with Crippen LogP contribution < -0.4 is 10.6 Å². The highest BCUT2D eigenvalue weighted by molar-refractivity contribution is 6.00. The molecule has 0 fully saturated rings. The zero-order valence-corrected chi connectivity index (χ0v) is 17.3. The van der Waals surface area contributed by atoms with Gasteiger partial charge in [-0.15, -0.1) is 0 Å². The molecule has 2 heterocycles. The molecule has 2 amide bonds. The molecule has 0 atom stereocenters. The summed E-state index contributed by atoms with van der Waals surface area (Å²) < 4.78 is 17.2. The van der Waals surface area contributed by atoms with E-state index in [9.17, 15) is 4.79 Å². The van der Waals surface area contributed by atoms with Gasteiger partial charge in [0.2, 0.25) is 0 Å². The topological polar surface area (TPSA) is 71.8 Å². The van der Waals surface area contributed by atoms with Gasteiger partial charge in [-0.3, -0.25) is 9.67 Å². The second-order valence-electron chi connectivity index (χ2n) is 7.10. The van der Waals surface area contributed by atoms with Crippen molar-refractivity contribution in [2.45, 2.75) is 20.4 Å². The largest absolute Gasteiger partial charge is 0.323 e. The first-order valence-electron chi connectivity index (χ1n) is 9.96. The summed E-state index contributed by atoms with van der Waals surface area (Å²) in [6, 6.07) is 15.4. The van der Waals surface area contributed by atoms with Crippen molar-refractivity contribution >= 4 is 17.4 Å². The van der Waals surface area contributed by atoms with Gasteiger partial charge < -0.3 is 10.6 Å². The van der Waals surface area contributed by atoms with Crippen molar-refractivity contribution < 1.29 is 9.18 Å². The number of aromatic nitrogens is 3. The van der Waals surface area contributed by atoms with Crippen LogP contribution in [0.5, 0.6) is 0 Å². The summed E-state index contributed by atoms with van der Waals surface area (Å²) in [5.74, 6) is -0.521. The Kier molecular flexibility index (Phi) is 5.75. The first-order valence-corrected chi connectivity index (χ1v) is 9.96. The van der Waals surface area contributed by atoms with Crippen LogP contribution in [-0.4, -0.2) is 20.8 Å². The van der Waals surface area contributed by atoms with Gasteiger partial charge in [0, 0.05) is 47.5 Å². The minimum Gasteiger partial charge on any atom is -0.308 e. The number of anilines is 2. The molecule has 31 heavy (non-hydrogen) atoms. The number of carbonyl (C=O) groups is 1. The minimum absolute atomic E-state index is 0.0899. The van der Waals surface area contributed by atoms with Crippen LogP contribution in [-0.2, 0) is 6.54 Å². The first-order chi connectivity index (χ1) is 15.0. The fraction of sp³-hybridized carbons (Fsp3) is 0.125. The minimum atomic E-state index is -0.521. The molecule has 0 bridgehead atoms. The maximum absolute atomic E-state index is 15.4. The Balaban J connectivity index is 1.64. The van der Waals surface area contributed by atoms with E-state index < -0.39 is 11.8 Å². The Labute approximate surface area is 179 Å². The molecule has 0 spiro atoms. The van der Waals surface area contributed by atoms with Crippen molar-refractivity contribution in [1.82, 2.24) is 14.8 Å². The number of halogens is 1. The number of rotatable bonds is 5. The number of nitrogens with zero attached hydrogens (tertiary/aromatic N) is 3. The lowest BCUT2D eigenvalue weighted by atomic mass is 10.0. The van der Waals surface area contributed by atoms with Crippen molar-refractivity contribution in [2.24, 2.45) is 0 Å². The number of carbonyl (C=O) groups excluding carboxylic acids is 1. The molecule has 0 aliphatic carbocycles. The van der Waals surface area contributed by atoms with E-state index in [-0.39, 0.29) is 5.69 Å². The Morgan fingerprint density at radius 3 is 2.45 bits per heavy atom. The standard InChI is InChI=1S/C24H22FN5O/c1-3-30-15-20(23(29-30)17-11-13-26-14-12-17)19-5-4-6-21(22(19)25)28-24(31)27-18-9-7-16(2)8-10-18/h4-15H,3H2,1-2H3,(H2,27,28,31). The lowest BCUT2D eigenvalue weighted by Crippen LogP contribution is -2.20. The molecule has 0 aliphatic heterocycles. The van der Waals surface area contributed by atoms with Crippen molar-refractivity contribution in [1.29, 1.82) is 0 Å². The van der Waals surface area contributed by atoms with E-state index in [0.29, 0.717) is 29.1 Å². The lowest BCUT2D eigenvalue weighted by Gasteiger charge is -2.11. The Hall–Kier alpha value is -4.00. The molecule has 156 valence electrons. The van der Waals surface area contributed by atoms with Crippen LogP contribution in [0.15, 0.2) is 73.2 Å². The van der Waals surface area contributed by atoms with E-state index in [0.717, 1.165) is 11.1 Å². The highest BCUT2D eigenvalue weighted by atomic mass is 19.1. The van der Waals surface area contributed by atoms with Crippen LogP contribution in [0.2, 0.25) is 0 Å². The summed E-state index contributed by atoms with van der Waals surface area (Å²) >= 11 is 0. The second kappa shape index (κ2) is 8.79. The molecule has 0 unspecified atom stereocenters. The molecule has 2 N–H and O–H groups in total. The predicted molar refractivity (Wildman–Crippen MR) is 120 cm³/mol. The summed E-state index contributed by atoms with van der Waals surface area (Å²) in [5.41, 5.74) is 4.31. The van der Waals surface area contributed by atoms with Gasteiger partial charge in [0.15, 0.2) is 5.82 Å². The monoisotopic (exact) mass is 415 g/mol. The van der Waals surface area contributed by atoms with Crippen LogP contribution >= 0.6 is 0 Å². The van der Waals surface area contributed by atoms with E-state index >= 15 is 4.39 Å². The second-order valence-corrected chi connectivity index (χ2v) is 7.10. The lowest BCUT2D eigenvalue weighted by molar-refractivity contribution is 0.262. The molecule has 0 saturated carbocycles. The van der Waals surface area contributed by atoms with Gasteiger partial charge in [-0.25, -0.2) is 9.18 Å². The zero-order chi connectivity index (χ0) is 21.8. The van der Waals surface area contributed by atoms with E-state index in [4.69, 9.17) is 0 Å². The number of nitrogens with one attached hydrogen (secondary N) is 2. The molecular formula is C24H22FN5O. The molecule has 2 aromatic heterocycles. The van der Waals surface area contributed by atoms with Gasteiger partial charge >= 0.3 is 6.03 Å². The van der Waals surface area contributed by atoms with Crippen LogP contribution in [0.1, 0.15) is 12.5 Å². The molecule has 4 aromatic rings. The number of amides is 2. The van der Waals surface area contributed by atoms with Crippen molar-refractivity contribution in [3.8, 4) is 22.4 Å². The fourth-order valence-corrected chi connectivity index (χ4v) is 3.26. The van der Waals surface area contributed by atoms with Crippen LogP contribution in [0, 0.1) is 12.7 Å². The molecule has 0 radical (unpaired) electrons. The Bertz CT molecular complexity index is 1200. The van der Waals surface area contributed by atoms with E-state index in [1.165, 1.54) is 6.07 Å². The quantitative estimate of drug-likeness (QED) is 0.438. The number of urea groups is 1. The smallest absolute Gasteiger partial charge is 0.308 e. The maximum Gasteiger partial charge on any atom is 0.323 e. The molecule has 4 rings (SSSR count). The molecular weight excluding hydrogens is 393 g/mol. The van der Waals surface area contributed by atoms with E-state index in [1.54, 1.807) is 41.3 Å². The maximum atomic E-state index is 15.4. The van der Waals surface area contributed by atoms with Crippen LogP contribution in [0.4, 0.5) is 20.6 Å². The molecule has 6 nitrogen and oxygen atoms in total. The van der Waals surface area contributed by atoms with E-state index in [1.807, 2.05) is 44.3 Å². The van der Waals surface area contributed by atoms with Gasteiger partial charge in [0.1, 0.15) is 5.69 Å². The third-order valence-electron chi connectivity index (χ3n) is 4.89. The van der Waals surface area contributed by atoms with Gasteiger partial charge in [0.25, 0.3) is 0 Å². The summed E-state index contributed by atoms with van der Waals surface area (Å²) in [5, 5.41) is 9.91. The third-order valence-corrected chi connectivity index (χ3v) is 4.89. The first kappa shape index (κ1) is 20.3. The van der Waals surface area contributed by atoms with Gasteiger partial charge in [-0.05, 0) is 44.2 Å². The van der Waals surface area contributed by atoms with Crippen LogP contribution in [0.25, 0.3) is 22.4 Å². The summed E-state index contributed by atoms with van der Waals surface area (Å²) in [6.45, 7) is 4.58. The summed E-state index contributed by atoms with van der Waals surface area (Å²) in [6.07, 6.45) is 5.16. The predicted octanol–water partition coefficient (Wildman–Crippen LogP) is 5.72. The average Bonchev–Trinajstić information content (AvgIpc) is 3.22. The number of hydrogen-bond donors (Lipinski definition) is 2. The highest BCUT2D eigenvalue weighted by Gasteiger charge is 2.19. The molecule has 2 aromatic carbocycles. The molecule has 7 heteroatoms. The SMILES string of the molecule is CCn1cc(-c2cccc(NC(=O)Nc3ccc(C)cc3)c2F)c(-c2ccncc2)n1. The highest BCUT2D eigenvalue weighted by Crippen LogP contribution is 2.34. The number of aryl methyl sites for hydroxylation is 2. The van der Waals surface area contributed by atoms with Crippen molar-refractivity contribution in [2.75, 3.05) is 10.6 Å². The van der Waals surface area contributed by atoms with Gasteiger partial charge in [-0.1, -0.05) is 29.8 Å². The summed E-state index contributed by atoms with van der Waals surface area (Å²) in [4.78, 5) is 16.4.